The van der Waals surface area contributed by atoms with Crippen LogP contribution in [-0.4, -0.2) is 17.5 Å². The summed E-state index contributed by atoms with van der Waals surface area (Å²) in [5, 5.41) is 9.24. The topological polar surface area (TPSA) is 46.5 Å². The number of rotatable bonds is 4. The summed E-state index contributed by atoms with van der Waals surface area (Å²) in [5.41, 5.74) is 1.19. The van der Waals surface area contributed by atoms with Crippen LogP contribution in [0.2, 0.25) is 0 Å². The highest BCUT2D eigenvalue weighted by molar-refractivity contribution is 5.79. The third kappa shape index (κ3) is 2.85. The Kier molecular flexibility index (Phi) is 3.65. The minimum atomic E-state index is 0.00768. The zero-order valence-corrected chi connectivity index (χ0v) is 8.36. The number of benzene rings is 1. The molecule has 0 aliphatic heterocycles. The molecule has 3 heteroatoms. The first-order valence-electron chi connectivity index (χ1n) is 4.52. The van der Waals surface area contributed by atoms with Crippen LogP contribution in [0.4, 0.5) is 0 Å². The van der Waals surface area contributed by atoms with Gasteiger partial charge in [-0.25, -0.2) is 0 Å². The molecule has 0 unspecified atom stereocenters. The van der Waals surface area contributed by atoms with Gasteiger partial charge in [0.15, 0.2) is 6.29 Å². The second-order valence-electron chi connectivity index (χ2n) is 3.37. The molecule has 0 fully saturated rings. The SMILES string of the molecule is CC(C)OCc1ccc(O)c(C=O)c1. The quantitative estimate of drug-likeness (QED) is 0.747. The third-order valence-corrected chi connectivity index (χ3v) is 1.80. The second-order valence-corrected chi connectivity index (χ2v) is 3.37. The first-order valence-corrected chi connectivity index (χ1v) is 4.52. The number of ether oxygens (including phenoxy) is 1. The molecule has 0 aromatic heterocycles. The number of hydrogen-bond acceptors (Lipinski definition) is 3. The van der Waals surface area contributed by atoms with Crippen molar-refractivity contribution in [2.24, 2.45) is 0 Å². The first kappa shape index (κ1) is 10.7. The van der Waals surface area contributed by atoms with E-state index in [1.807, 2.05) is 13.8 Å². The van der Waals surface area contributed by atoms with E-state index in [4.69, 9.17) is 4.74 Å². The maximum absolute atomic E-state index is 10.5. The van der Waals surface area contributed by atoms with Crippen LogP contribution in [-0.2, 0) is 11.3 Å². The Labute approximate surface area is 83.3 Å². The maximum atomic E-state index is 10.5. The Morgan fingerprint density at radius 1 is 1.50 bits per heavy atom. The molecule has 76 valence electrons. The van der Waals surface area contributed by atoms with Gasteiger partial charge in [0.25, 0.3) is 0 Å². The summed E-state index contributed by atoms with van der Waals surface area (Å²) in [7, 11) is 0. The zero-order chi connectivity index (χ0) is 10.6. The summed E-state index contributed by atoms with van der Waals surface area (Å²) in [4.78, 5) is 10.5. The van der Waals surface area contributed by atoms with Gasteiger partial charge in [0.1, 0.15) is 5.75 Å². The summed E-state index contributed by atoms with van der Waals surface area (Å²) < 4.78 is 5.37. The molecule has 1 N–H and O–H groups in total. The molecule has 0 atom stereocenters. The van der Waals surface area contributed by atoms with Crippen molar-refractivity contribution in [1.82, 2.24) is 0 Å². The summed E-state index contributed by atoms with van der Waals surface area (Å²) in [6.45, 7) is 4.35. The van der Waals surface area contributed by atoms with Gasteiger partial charge < -0.3 is 9.84 Å². The molecule has 14 heavy (non-hydrogen) atoms. The number of aromatic hydroxyl groups is 1. The Bertz CT molecular complexity index is 318. The predicted octanol–water partition coefficient (Wildman–Crippen LogP) is 2.13. The van der Waals surface area contributed by atoms with E-state index in [1.165, 1.54) is 6.07 Å². The van der Waals surface area contributed by atoms with E-state index in [1.54, 1.807) is 12.1 Å². The molecular weight excluding hydrogens is 180 g/mol. The summed E-state index contributed by atoms with van der Waals surface area (Å²) in [5.74, 6) is 0.00768. The van der Waals surface area contributed by atoms with Crippen molar-refractivity contribution in [3.63, 3.8) is 0 Å². The first-order chi connectivity index (χ1) is 6.63. The van der Waals surface area contributed by atoms with E-state index in [-0.39, 0.29) is 11.9 Å². The highest BCUT2D eigenvalue weighted by Gasteiger charge is 2.02. The average molecular weight is 194 g/mol. The molecule has 1 rings (SSSR count). The van der Waals surface area contributed by atoms with Crippen LogP contribution in [0.3, 0.4) is 0 Å². The van der Waals surface area contributed by atoms with E-state index >= 15 is 0 Å². The van der Waals surface area contributed by atoms with Gasteiger partial charge in [-0.15, -0.1) is 0 Å². The van der Waals surface area contributed by atoms with Gasteiger partial charge in [0, 0.05) is 0 Å². The van der Waals surface area contributed by atoms with Crippen molar-refractivity contribution in [3.05, 3.63) is 29.3 Å². The lowest BCUT2D eigenvalue weighted by Gasteiger charge is -2.08. The Morgan fingerprint density at radius 3 is 2.79 bits per heavy atom. The summed E-state index contributed by atoms with van der Waals surface area (Å²) in [6, 6.07) is 4.87. The normalized spacial score (nSPS) is 10.5. The van der Waals surface area contributed by atoms with Crippen molar-refractivity contribution in [2.45, 2.75) is 26.6 Å². The van der Waals surface area contributed by atoms with Crippen LogP contribution in [0, 0.1) is 0 Å². The molecule has 1 aromatic rings. The lowest BCUT2D eigenvalue weighted by molar-refractivity contribution is 0.0656. The van der Waals surface area contributed by atoms with Gasteiger partial charge >= 0.3 is 0 Å². The zero-order valence-electron chi connectivity index (χ0n) is 8.36. The van der Waals surface area contributed by atoms with Crippen LogP contribution in [0.5, 0.6) is 5.75 Å². The van der Waals surface area contributed by atoms with E-state index in [0.717, 1.165) is 5.56 Å². The number of phenolic OH excluding ortho intramolecular Hbond substituents is 1. The monoisotopic (exact) mass is 194 g/mol. The van der Waals surface area contributed by atoms with Gasteiger partial charge in [0.2, 0.25) is 0 Å². The molecule has 0 amide bonds. The number of carbonyl (C=O) groups is 1. The highest BCUT2D eigenvalue weighted by atomic mass is 16.5. The molecule has 0 aliphatic carbocycles. The molecule has 1 aromatic carbocycles. The fourth-order valence-electron chi connectivity index (χ4n) is 1.05. The molecule has 0 spiro atoms. The molecule has 0 saturated heterocycles. The number of carbonyl (C=O) groups excluding carboxylic acids is 1. The fraction of sp³-hybridized carbons (Fsp3) is 0.364. The molecule has 0 radical (unpaired) electrons. The highest BCUT2D eigenvalue weighted by Crippen LogP contribution is 2.17. The Hall–Kier alpha value is -1.35. The van der Waals surface area contributed by atoms with Gasteiger partial charge in [-0.1, -0.05) is 6.07 Å². The van der Waals surface area contributed by atoms with E-state index in [2.05, 4.69) is 0 Å². The minimum absolute atomic E-state index is 0.00768. The van der Waals surface area contributed by atoms with Crippen molar-refractivity contribution in [2.75, 3.05) is 0 Å². The molecule has 0 saturated carbocycles. The smallest absolute Gasteiger partial charge is 0.153 e. The number of hydrogen-bond donors (Lipinski definition) is 1. The van der Waals surface area contributed by atoms with Crippen molar-refractivity contribution < 1.29 is 14.6 Å². The van der Waals surface area contributed by atoms with Crippen LogP contribution in [0.25, 0.3) is 0 Å². The summed E-state index contributed by atoms with van der Waals surface area (Å²) >= 11 is 0. The lowest BCUT2D eigenvalue weighted by atomic mass is 10.1. The van der Waals surface area contributed by atoms with Crippen molar-refractivity contribution in [1.29, 1.82) is 0 Å². The number of aldehydes is 1. The molecule has 3 nitrogen and oxygen atoms in total. The fourth-order valence-corrected chi connectivity index (χ4v) is 1.05. The average Bonchev–Trinajstić information content (AvgIpc) is 2.16. The number of phenols is 1. The standard InChI is InChI=1S/C11H14O3/c1-8(2)14-7-9-3-4-11(13)10(5-9)6-12/h3-6,8,13H,7H2,1-2H3. The van der Waals surface area contributed by atoms with E-state index in [9.17, 15) is 9.90 Å². The van der Waals surface area contributed by atoms with Gasteiger partial charge in [-0.2, -0.15) is 0 Å². The Morgan fingerprint density at radius 2 is 2.21 bits per heavy atom. The van der Waals surface area contributed by atoms with E-state index < -0.39 is 0 Å². The van der Waals surface area contributed by atoms with E-state index in [0.29, 0.717) is 18.5 Å². The minimum Gasteiger partial charge on any atom is -0.507 e. The van der Waals surface area contributed by atoms with Crippen molar-refractivity contribution >= 4 is 6.29 Å². The molecular formula is C11H14O3. The predicted molar refractivity (Wildman–Crippen MR) is 53.4 cm³/mol. The van der Waals surface area contributed by atoms with Gasteiger partial charge in [0.05, 0.1) is 18.3 Å². The Balaban J connectivity index is 2.74. The van der Waals surface area contributed by atoms with Gasteiger partial charge in [-0.3, -0.25) is 4.79 Å². The van der Waals surface area contributed by atoms with Crippen molar-refractivity contribution in [3.8, 4) is 5.75 Å². The summed E-state index contributed by atoms with van der Waals surface area (Å²) in [6.07, 6.45) is 0.789. The maximum Gasteiger partial charge on any atom is 0.153 e. The molecule has 0 bridgehead atoms. The largest absolute Gasteiger partial charge is 0.507 e. The molecule has 0 aliphatic rings. The second kappa shape index (κ2) is 4.77. The lowest BCUT2D eigenvalue weighted by Crippen LogP contribution is -2.02. The van der Waals surface area contributed by atoms with Crippen LogP contribution in [0.1, 0.15) is 29.8 Å². The molecule has 0 heterocycles. The van der Waals surface area contributed by atoms with Crippen LogP contribution >= 0.6 is 0 Å². The van der Waals surface area contributed by atoms with Gasteiger partial charge in [-0.05, 0) is 31.5 Å². The van der Waals surface area contributed by atoms with Crippen LogP contribution < -0.4 is 0 Å². The third-order valence-electron chi connectivity index (χ3n) is 1.80. The van der Waals surface area contributed by atoms with Crippen LogP contribution in [0.15, 0.2) is 18.2 Å².